The molecular formula is C18H13NOS. The van der Waals surface area contributed by atoms with Crippen molar-refractivity contribution in [3.05, 3.63) is 70.8 Å². The van der Waals surface area contributed by atoms with Crippen LogP contribution in [0.1, 0.15) is 15.9 Å². The molecule has 0 amide bonds. The van der Waals surface area contributed by atoms with Crippen LogP contribution < -0.4 is 0 Å². The molecular weight excluding hydrogens is 278 g/mol. The number of para-hydroxylation sites is 1. The lowest BCUT2D eigenvalue weighted by atomic mass is 10.1. The van der Waals surface area contributed by atoms with Gasteiger partial charge in [0.25, 0.3) is 0 Å². The van der Waals surface area contributed by atoms with Gasteiger partial charge in [-0.1, -0.05) is 42.1 Å². The molecule has 2 heterocycles. The summed E-state index contributed by atoms with van der Waals surface area (Å²) in [7, 11) is 2.03. The van der Waals surface area contributed by atoms with Crippen molar-refractivity contribution >= 4 is 34.5 Å². The predicted octanol–water partition coefficient (Wildman–Crippen LogP) is 4.51. The Balaban J connectivity index is 1.84. The third-order valence-corrected chi connectivity index (χ3v) is 4.89. The topological polar surface area (TPSA) is 22.0 Å². The molecule has 0 aliphatic carbocycles. The van der Waals surface area contributed by atoms with Gasteiger partial charge in [-0.3, -0.25) is 4.79 Å². The Morgan fingerprint density at radius 3 is 2.67 bits per heavy atom. The zero-order valence-corrected chi connectivity index (χ0v) is 12.4. The molecule has 1 aliphatic rings. The molecule has 21 heavy (non-hydrogen) atoms. The van der Waals surface area contributed by atoms with Gasteiger partial charge >= 0.3 is 0 Å². The number of hydrogen-bond acceptors (Lipinski definition) is 2. The number of fused-ring (bicyclic) bond motifs is 2. The van der Waals surface area contributed by atoms with Crippen LogP contribution in [0.2, 0.25) is 0 Å². The zero-order chi connectivity index (χ0) is 14.4. The van der Waals surface area contributed by atoms with Crippen molar-refractivity contribution in [2.45, 2.75) is 4.90 Å². The summed E-state index contributed by atoms with van der Waals surface area (Å²) < 4.78 is 2.10. The molecule has 0 saturated heterocycles. The highest BCUT2D eigenvalue weighted by atomic mass is 32.2. The number of Topliss-reactive ketones (excluding diaryl/α,β-unsaturated/α-hetero) is 1. The van der Waals surface area contributed by atoms with Crippen LogP contribution in [-0.4, -0.2) is 10.4 Å². The minimum atomic E-state index is 0.128. The Morgan fingerprint density at radius 1 is 1.05 bits per heavy atom. The van der Waals surface area contributed by atoms with Crippen molar-refractivity contribution in [3.8, 4) is 0 Å². The van der Waals surface area contributed by atoms with Gasteiger partial charge in [0.15, 0.2) is 0 Å². The molecule has 0 saturated carbocycles. The Kier molecular flexibility index (Phi) is 2.76. The molecule has 0 radical (unpaired) electrons. The number of hydrogen-bond donors (Lipinski definition) is 0. The molecule has 0 atom stereocenters. The smallest absolute Gasteiger partial charge is 0.200 e. The molecule has 3 aromatic rings. The van der Waals surface area contributed by atoms with Crippen LogP contribution in [0, 0.1) is 0 Å². The summed E-state index contributed by atoms with van der Waals surface area (Å²) in [6, 6.07) is 16.0. The Hall–Kier alpha value is -2.26. The predicted molar refractivity (Wildman–Crippen MR) is 87.5 cm³/mol. The lowest BCUT2D eigenvalue weighted by Crippen LogP contribution is -1.93. The van der Waals surface area contributed by atoms with E-state index in [0.717, 1.165) is 20.9 Å². The zero-order valence-electron chi connectivity index (χ0n) is 11.5. The van der Waals surface area contributed by atoms with Gasteiger partial charge in [-0.05, 0) is 24.3 Å². The van der Waals surface area contributed by atoms with Gasteiger partial charge in [0.2, 0.25) is 5.78 Å². The van der Waals surface area contributed by atoms with Crippen LogP contribution in [0.25, 0.3) is 17.0 Å². The largest absolute Gasteiger partial charge is 0.350 e. The second kappa shape index (κ2) is 4.64. The number of carbonyl (C=O) groups is 1. The van der Waals surface area contributed by atoms with E-state index in [0.29, 0.717) is 0 Å². The highest BCUT2D eigenvalue weighted by Gasteiger charge is 2.25. The summed E-state index contributed by atoms with van der Waals surface area (Å²) in [5, 5.41) is 1.18. The van der Waals surface area contributed by atoms with Crippen LogP contribution in [0.5, 0.6) is 0 Å². The van der Waals surface area contributed by atoms with E-state index in [2.05, 4.69) is 22.9 Å². The molecule has 0 unspecified atom stereocenters. The number of rotatable bonds is 1. The fourth-order valence-corrected chi connectivity index (χ4v) is 3.81. The van der Waals surface area contributed by atoms with E-state index < -0.39 is 0 Å². The first-order valence-electron chi connectivity index (χ1n) is 6.81. The molecule has 3 heteroatoms. The number of nitrogens with zero attached hydrogens (tertiary/aromatic N) is 1. The minimum absolute atomic E-state index is 0.128. The van der Waals surface area contributed by atoms with Gasteiger partial charge in [-0.2, -0.15) is 0 Å². The number of carbonyl (C=O) groups excluding carboxylic acids is 1. The Morgan fingerprint density at radius 2 is 1.81 bits per heavy atom. The molecule has 4 rings (SSSR count). The fourth-order valence-electron chi connectivity index (χ4n) is 2.77. The number of benzene rings is 2. The van der Waals surface area contributed by atoms with Crippen LogP contribution >= 0.6 is 11.8 Å². The van der Waals surface area contributed by atoms with Gasteiger partial charge in [-0.15, -0.1) is 0 Å². The van der Waals surface area contributed by atoms with Crippen LogP contribution in [0.4, 0.5) is 0 Å². The van der Waals surface area contributed by atoms with Crippen LogP contribution in [-0.2, 0) is 7.05 Å². The summed E-state index contributed by atoms with van der Waals surface area (Å²) in [6.45, 7) is 0. The Bertz CT molecular complexity index is 904. The SMILES string of the molecule is Cn1cc(/C=C2\Sc3ccccc3C2=O)c2ccccc21. The maximum absolute atomic E-state index is 12.4. The summed E-state index contributed by atoms with van der Waals surface area (Å²) in [6.07, 6.45) is 4.09. The van der Waals surface area contributed by atoms with Gasteiger partial charge in [0.05, 0.1) is 4.91 Å². The molecule has 1 aromatic heterocycles. The third-order valence-electron chi connectivity index (χ3n) is 3.79. The van der Waals surface area contributed by atoms with E-state index in [1.54, 1.807) is 11.8 Å². The van der Waals surface area contributed by atoms with Crippen molar-refractivity contribution in [3.63, 3.8) is 0 Å². The van der Waals surface area contributed by atoms with Crippen LogP contribution in [0.3, 0.4) is 0 Å². The normalized spacial score (nSPS) is 15.9. The summed E-state index contributed by atoms with van der Waals surface area (Å²) in [5.74, 6) is 0.128. The van der Waals surface area contributed by atoms with Gasteiger partial charge < -0.3 is 4.57 Å². The van der Waals surface area contributed by atoms with Crippen molar-refractivity contribution in [2.24, 2.45) is 7.05 Å². The van der Waals surface area contributed by atoms with E-state index in [9.17, 15) is 4.79 Å². The number of aryl methyl sites for hydroxylation is 1. The highest BCUT2D eigenvalue weighted by Crippen LogP contribution is 2.41. The van der Waals surface area contributed by atoms with E-state index >= 15 is 0 Å². The monoisotopic (exact) mass is 291 g/mol. The van der Waals surface area contributed by atoms with E-state index in [1.807, 2.05) is 49.5 Å². The lowest BCUT2D eigenvalue weighted by molar-refractivity contribution is 0.104. The number of thioether (sulfide) groups is 1. The van der Waals surface area contributed by atoms with E-state index in [4.69, 9.17) is 0 Å². The Labute approximate surface area is 127 Å². The lowest BCUT2D eigenvalue weighted by Gasteiger charge is -1.95. The summed E-state index contributed by atoms with van der Waals surface area (Å²) in [4.78, 5) is 14.3. The van der Waals surface area contributed by atoms with Crippen molar-refractivity contribution < 1.29 is 4.79 Å². The van der Waals surface area contributed by atoms with Gasteiger partial charge in [0.1, 0.15) is 0 Å². The molecule has 2 nitrogen and oxygen atoms in total. The average Bonchev–Trinajstić information content (AvgIpc) is 2.99. The van der Waals surface area contributed by atoms with Gasteiger partial charge in [0, 0.05) is 40.2 Å². The second-order valence-electron chi connectivity index (χ2n) is 5.15. The maximum atomic E-state index is 12.4. The average molecular weight is 291 g/mol. The quantitative estimate of drug-likeness (QED) is 0.615. The van der Waals surface area contributed by atoms with Gasteiger partial charge in [-0.25, -0.2) is 0 Å². The standard InChI is InChI=1S/C18H13NOS/c1-19-11-12(13-6-2-4-8-15(13)19)10-17-18(20)14-7-3-5-9-16(14)21-17/h2-11H,1H3/b17-10-. The fraction of sp³-hybridized carbons (Fsp3) is 0.0556. The molecule has 0 N–H and O–H groups in total. The highest BCUT2D eigenvalue weighted by molar-refractivity contribution is 8.04. The number of ketones is 1. The number of allylic oxidation sites excluding steroid dienone is 1. The van der Waals surface area contributed by atoms with Crippen molar-refractivity contribution in [2.75, 3.05) is 0 Å². The first-order chi connectivity index (χ1) is 10.2. The molecule has 0 spiro atoms. The first-order valence-corrected chi connectivity index (χ1v) is 7.63. The van der Waals surface area contributed by atoms with E-state index in [-0.39, 0.29) is 5.78 Å². The summed E-state index contributed by atoms with van der Waals surface area (Å²) >= 11 is 1.56. The first kappa shape index (κ1) is 12.5. The number of aromatic nitrogens is 1. The maximum Gasteiger partial charge on any atom is 0.200 e. The molecule has 102 valence electrons. The minimum Gasteiger partial charge on any atom is -0.350 e. The van der Waals surface area contributed by atoms with Crippen LogP contribution in [0.15, 0.2) is 64.5 Å². The molecule has 0 fully saturated rings. The molecule has 1 aliphatic heterocycles. The van der Waals surface area contributed by atoms with E-state index in [1.165, 1.54) is 10.9 Å². The molecule has 2 aromatic carbocycles. The second-order valence-corrected chi connectivity index (χ2v) is 6.23. The third kappa shape index (κ3) is 1.93. The van der Waals surface area contributed by atoms with Crippen molar-refractivity contribution in [1.82, 2.24) is 4.57 Å². The van der Waals surface area contributed by atoms with Crippen molar-refractivity contribution in [1.29, 1.82) is 0 Å². The summed E-state index contributed by atoms with van der Waals surface area (Å²) in [5.41, 5.74) is 3.09. The molecule has 0 bridgehead atoms.